The zero-order valence-corrected chi connectivity index (χ0v) is 12.8. The summed E-state index contributed by atoms with van der Waals surface area (Å²) in [5.41, 5.74) is 5.64. The molecule has 0 aliphatic carbocycles. The summed E-state index contributed by atoms with van der Waals surface area (Å²) in [6.45, 7) is 0. The molecule has 1 aromatic carbocycles. The molecule has 2 rings (SSSR count). The van der Waals surface area contributed by atoms with Gasteiger partial charge in [-0.25, -0.2) is 0 Å². The molecule has 0 bridgehead atoms. The smallest absolute Gasteiger partial charge is 0.284 e. The summed E-state index contributed by atoms with van der Waals surface area (Å²) in [7, 11) is 1.42. The zero-order chi connectivity index (χ0) is 17.0. The maximum absolute atomic E-state index is 11.2. The summed E-state index contributed by atoms with van der Waals surface area (Å²) in [6, 6.07) is 9.42. The maximum atomic E-state index is 11.2. The summed E-state index contributed by atoms with van der Waals surface area (Å²) >= 11 is 4.74. The quantitative estimate of drug-likeness (QED) is 0.294. The molecule has 0 fully saturated rings. The molecule has 0 aliphatic heterocycles. The van der Waals surface area contributed by atoms with Crippen LogP contribution in [0.2, 0.25) is 0 Å². The second-order valence-corrected chi connectivity index (χ2v) is 4.82. The van der Waals surface area contributed by atoms with Crippen molar-refractivity contribution >= 4 is 29.0 Å². The molecule has 0 amide bonds. The number of benzene rings is 1. The van der Waals surface area contributed by atoms with E-state index in [-0.39, 0.29) is 22.0 Å². The first-order valence-corrected chi connectivity index (χ1v) is 6.71. The van der Waals surface area contributed by atoms with Crippen LogP contribution in [0.5, 0.6) is 5.75 Å². The van der Waals surface area contributed by atoms with Crippen LogP contribution in [0.25, 0.3) is 17.4 Å². The van der Waals surface area contributed by atoms with Crippen molar-refractivity contribution in [1.82, 2.24) is 0 Å². The second-order valence-electron chi connectivity index (χ2n) is 4.38. The number of furan rings is 1. The summed E-state index contributed by atoms with van der Waals surface area (Å²) in [6.07, 6.45) is 1.38. The SMILES string of the molecule is COc1ccc(-c2ccc(/C=C(\C#N)C(N)=S)o2)c([N+](=O)[O-])c1. The third-order valence-electron chi connectivity index (χ3n) is 2.97. The van der Waals surface area contributed by atoms with Crippen LogP contribution in [0, 0.1) is 21.4 Å². The molecule has 2 N–H and O–H groups in total. The second kappa shape index (κ2) is 6.72. The van der Waals surface area contributed by atoms with Crippen LogP contribution in [0.3, 0.4) is 0 Å². The van der Waals surface area contributed by atoms with E-state index in [9.17, 15) is 10.1 Å². The molecule has 7 nitrogen and oxygen atoms in total. The first-order valence-electron chi connectivity index (χ1n) is 6.30. The molecule has 8 heteroatoms. The van der Waals surface area contributed by atoms with E-state index in [0.717, 1.165) is 0 Å². The number of hydrogen-bond donors (Lipinski definition) is 1. The fraction of sp³-hybridized carbons (Fsp3) is 0.0667. The van der Waals surface area contributed by atoms with Gasteiger partial charge >= 0.3 is 0 Å². The summed E-state index contributed by atoms with van der Waals surface area (Å²) in [5.74, 6) is 0.965. The molecule has 0 aliphatic rings. The molecule has 1 aromatic heterocycles. The van der Waals surface area contributed by atoms with Gasteiger partial charge in [-0.1, -0.05) is 12.2 Å². The Hall–Kier alpha value is -3.18. The molecule has 0 atom stereocenters. The van der Waals surface area contributed by atoms with Gasteiger partial charge in [0.15, 0.2) is 0 Å². The Bertz CT molecular complexity index is 849. The number of hydrogen-bond acceptors (Lipinski definition) is 6. The van der Waals surface area contributed by atoms with Gasteiger partial charge in [-0.05, 0) is 24.3 Å². The van der Waals surface area contributed by atoms with Crippen LogP contribution in [-0.4, -0.2) is 17.0 Å². The number of rotatable bonds is 5. The van der Waals surface area contributed by atoms with E-state index in [2.05, 4.69) is 0 Å². The molecule has 0 spiro atoms. The van der Waals surface area contributed by atoms with Gasteiger partial charge in [-0.2, -0.15) is 5.26 Å². The Labute approximate surface area is 136 Å². The number of nitro groups is 1. The predicted octanol–water partition coefficient (Wildman–Crippen LogP) is 3.06. The third-order valence-corrected chi connectivity index (χ3v) is 3.19. The fourth-order valence-electron chi connectivity index (χ4n) is 1.87. The highest BCUT2D eigenvalue weighted by molar-refractivity contribution is 7.80. The lowest BCUT2D eigenvalue weighted by atomic mass is 10.1. The monoisotopic (exact) mass is 329 g/mol. The Morgan fingerprint density at radius 1 is 1.48 bits per heavy atom. The summed E-state index contributed by atoms with van der Waals surface area (Å²) in [5, 5.41) is 20.1. The first kappa shape index (κ1) is 16.2. The highest BCUT2D eigenvalue weighted by Crippen LogP contribution is 2.34. The third kappa shape index (κ3) is 3.53. The molecule has 0 saturated heterocycles. The Morgan fingerprint density at radius 2 is 2.22 bits per heavy atom. The lowest BCUT2D eigenvalue weighted by Crippen LogP contribution is -2.09. The summed E-state index contributed by atoms with van der Waals surface area (Å²) < 4.78 is 10.5. The maximum Gasteiger partial charge on any atom is 0.284 e. The molecular weight excluding hydrogens is 318 g/mol. The van der Waals surface area contributed by atoms with Gasteiger partial charge < -0.3 is 14.9 Å². The highest BCUT2D eigenvalue weighted by Gasteiger charge is 2.19. The van der Waals surface area contributed by atoms with Crippen LogP contribution >= 0.6 is 12.2 Å². The van der Waals surface area contributed by atoms with Crippen molar-refractivity contribution in [3.63, 3.8) is 0 Å². The number of nitriles is 1. The highest BCUT2D eigenvalue weighted by atomic mass is 32.1. The van der Waals surface area contributed by atoms with Gasteiger partial charge in [0.25, 0.3) is 5.69 Å². The van der Waals surface area contributed by atoms with E-state index in [1.165, 1.54) is 25.3 Å². The van der Waals surface area contributed by atoms with Crippen molar-refractivity contribution < 1.29 is 14.1 Å². The zero-order valence-electron chi connectivity index (χ0n) is 12.0. The van der Waals surface area contributed by atoms with Crippen molar-refractivity contribution in [2.24, 2.45) is 5.73 Å². The van der Waals surface area contributed by atoms with Gasteiger partial charge in [-0.15, -0.1) is 0 Å². The normalized spacial score (nSPS) is 10.9. The lowest BCUT2D eigenvalue weighted by Gasteiger charge is -2.03. The minimum absolute atomic E-state index is 0.0547. The van der Waals surface area contributed by atoms with Gasteiger partial charge in [0.1, 0.15) is 28.3 Å². The fourth-order valence-corrected chi connectivity index (χ4v) is 1.98. The van der Waals surface area contributed by atoms with E-state index >= 15 is 0 Å². The van der Waals surface area contributed by atoms with E-state index in [0.29, 0.717) is 17.1 Å². The average molecular weight is 329 g/mol. The Morgan fingerprint density at radius 3 is 2.78 bits per heavy atom. The lowest BCUT2D eigenvalue weighted by molar-refractivity contribution is -0.384. The van der Waals surface area contributed by atoms with Crippen LogP contribution in [0.4, 0.5) is 5.69 Å². The molecule has 0 saturated carbocycles. The number of nitrogens with zero attached hydrogens (tertiary/aromatic N) is 2. The molecular formula is C15H11N3O4S. The van der Waals surface area contributed by atoms with Gasteiger partial charge in [0.05, 0.1) is 29.2 Å². The Balaban J connectivity index is 2.48. The largest absolute Gasteiger partial charge is 0.497 e. The van der Waals surface area contributed by atoms with E-state index in [4.69, 9.17) is 32.4 Å². The number of thiocarbonyl (C=S) groups is 1. The van der Waals surface area contributed by atoms with E-state index in [1.54, 1.807) is 18.2 Å². The predicted molar refractivity (Wildman–Crippen MR) is 87.7 cm³/mol. The van der Waals surface area contributed by atoms with Crippen LogP contribution in [0.15, 0.2) is 40.3 Å². The molecule has 23 heavy (non-hydrogen) atoms. The number of nitrogens with two attached hydrogens (primary N) is 1. The van der Waals surface area contributed by atoms with Crippen molar-refractivity contribution in [2.45, 2.75) is 0 Å². The standard InChI is InChI=1S/C15H11N3O4S/c1-21-10-2-4-12(13(7-10)18(19)20)14-5-3-11(22-14)6-9(8-16)15(17)23/h2-7H,1H3,(H2,17,23)/b9-6+. The first-order chi connectivity index (χ1) is 11.0. The van der Waals surface area contributed by atoms with Gasteiger partial charge in [-0.3, -0.25) is 10.1 Å². The van der Waals surface area contributed by atoms with E-state index < -0.39 is 4.92 Å². The van der Waals surface area contributed by atoms with Crippen LogP contribution < -0.4 is 10.5 Å². The van der Waals surface area contributed by atoms with Crippen LogP contribution in [-0.2, 0) is 0 Å². The van der Waals surface area contributed by atoms with Crippen molar-refractivity contribution in [1.29, 1.82) is 5.26 Å². The molecule has 0 unspecified atom stereocenters. The van der Waals surface area contributed by atoms with E-state index in [1.807, 2.05) is 6.07 Å². The number of nitro benzene ring substituents is 1. The molecule has 116 valence electrons. The molecule has 2 aromatic rings. The minimum Gasteiger partial charge on any atom is -0.497 e. The van der Waals surface area contributed by atoms with Crippen molar-refractivity contribution in [3.8, 4) is 23.1 Å². The number of methoxy groups -OCH3 is 1. The molecule has 1 heterocycles. The summed E-state index contributed by atoms with van der Waals surface area (Å²) in [4.78, 5) is 10.6. The van der Waals surface area contributed by atoms with Crippen molar-refractivity contribution in [2.75, 3.05) is 7.11 Å². The number of ether oxygens (including phenoxy) is 1. The van der Waals surface area contributed by atoms with Crippen molar-refractivity contribution in [3.05, 3.63) is 51.8 Å². The van der Waals surface area contributed by atoms with Gasteiger partial charge in [0, 0.05) is 6.08 Å². The minimum atomic E-state index is -0.522. The molecule has 0 radical (unpaired) electrons. The average Bonchev–Trinajstić information content (AvgIpc) is 3.00. The van der Waals surface area contributed by atoms with Crippen LogP contribution in [0.1, 0.15) is 5.76 Å². The van der Waals surface area contributed by atoms with Gasteiger partial charge in [0.2, 0.25) is 0 Å². The Kier molecular flexibility index (Phi) is 4.73. The topological polar surface area (TPSA) is 115 Å².